The van der Waals surface area contributed by atoms with Crippen LogP contribution < -0.4 is 4.74 Å². The largest absolute Gasteiger partial charge is 0.459 e. The quantitative estimate of drug-likeness (QED) is 0.203. The van der Waals surface area contributed by atoms with Gasteiger partial charge < -0.3 is 18.9 Å². The van der Waals surface area contributed by atoms with E-state index in [1.54, 1.807) is 30.3 Å². The molecule has 0 unspecified atom stereocenters. The number of hydrogen-bond donors (Lipinski definition) is 0. The molecule has 212 valence electrons. The van der Waals surface area contributed by atoms with Crippen LogP contribution in [0, 0.1) is 23.5 Å². The Morgan fingerprint density at radius 1 is 0.923 bits per heavy atom. The Morgan fingerprint density at radius 2 is 1.49 bits per heavy atom. The number of esters is 1. The van der Waals surface area contributed by atoms with E-state index in [4.69, 9.17) is 14.2 Å². The molecule has 2 aliphatic rings. The molecule has 1 aliphatic carbocycles. The summed E-state index contributed by atoms with van der Waals surface area (Å²) >= 11 is 0. The van der Waals surface area contributed by atoms with Gasteiger partial charge in [-0.25, -0.2) is 13.6 Å². The summed E-state index contributed by atoms with van der Waals surface area (Å²) < 4.78 is 116. The third-order valence-corrected chi connectivity index (χ3v) is 6.65. The van der Waals surface area contributed by atoms with Crippen molar-refractivity contribution in [3.05, 3.63) is 77.4 Å². The van der Waals surface area contributed by atoms with Crippen molar-refractivity contribution in [2.75, 3.05) is 13.2 Å². The highest BCUT2D eigenvalue weighted by Crippen LogP contribution is 2.41. The topological polar surface area (TPSA) is 54.0 Å². The summed E-state index contributed by atoms with van der Waals surface area (Å²) in [6.07, 6.45) is -8.89. The van der Waals surface area contributed by atoms with E-state index >= 15 is 0 Å². The lowest BCUT2D eigenvalue weighted by atomic mass is 9.86. The minimum absolute atomic E-state index is 0.0669. The first-order valence-electron chi connectivity index (χ1n) is 12.2. The number of hydrogen-bond acceptors (Lipinski definition) is 5. The zero-order valence-corrected chi connectivity index (χ0v) is 20.5. The van der Waals surface area contributed by atoms with Crippen molar-refractivity contribution in [2.45, 2.75) is 50.4 Å². The Hall–Kier alpha value is -3.12. The molecule has 4 rings (SSSR count). The monoisotopic (exact) mass is 562 g/mol. The molecule has 1 aliphatic heterocycles. The van der Waals surface area contributed by atoms with Gasteiger partial charge in [0, 0.05) is 23.6 Å². The molecular weight excluding hydrogens is 537 g/mol. The van der Waals surface area contributed by atoms with Crippen molar-refractivity contribution >= 4 is 5.97 Å². The van der Waals surface area contributed by atoms with Crippen molar-refractivity contribution in [3.8, 4) is 5.75 Å². The Labute approximate surface area is 219 Å². The van der Waals surface area contributed by atoms with E-state index in [0.29, 0.717) is 18.8 Å². The summed E-state index contributed by atoms with van der Waals surface area (Å²) in [6, 6.07) is 6.56. The Balaban J connectivity index is 1.29. The molecule has 1 heterocycles. The number of carbonyl (C=O) groups excluding carboxylic acids is 1. The van der Waals surface area contributed by atoms with Crippen LogP contribution in [0.4, 0.5) is 30.7 Å². The zero-order valence-electron chi connectivity index (χ0n) is 20.5. The van der Waals surface area contributed by atoms with E-state index in [1.165, 1.54) is 0 Å². The summed E-state index contributed by atoms with van der Waals surface area (Å²) in [4.78, 5) is 12.5. The van der Waals surface area contributed by atoms with Crippen LogP contribution in [-0.2, 0) is 20.4 Å². The summed E-state index contributed by atoms with van der Waals surface area (Å²) in [7, 11) is 0. The molecule has 0 spiro atoms. The molecule has 1 saturated carbocycles. The van der Waals surface area contributed by atoms with Crippen LogP contribution in [0.1, 0.15) is 53.5 Å². The minimum Gasteiger partial charge on any atom is -0.459 e. The zero-order chi connectivity index (χ0) is 28.4. The highest BCUT2D eigenvalue weighted by Gasteiger charge is 2.45. The first-order chi connectivity index (χ1) is 18.4. The van der Waals surface area contributed by atoms with Crippen molar-refractivity contribution in [1.82, 2.24) is 0 Å². The normalized spacial score (nSPS) is 24.2. The maximum atomic E-state index is 14.7. The summed E-state index contributed by atoms with van der Waals surface area (Å²) in [6.45, 7) is 4.62. The van der Waals surface area contributed by atoms with Gasteiger partial charge in [0.15, 0.2) is 6.29 Å². The maximum Gasteiger partial charge on any atom is 0.422 e. The number of alkyl halides is 5. The Bertz CT molecular complexity index is 1140. The summed E-state index contributed by atoms with van der Waals surface area (Å²) in [5.41, 5.74) is -1.22. The van der Waals surface area contributed by atoms with Crippen LogP contribution in [0.2, 0.25) is 0 Å². The highest BCUT2D eigenvalue weighted by atomic mass is 19.4. The smallest absolute Gasteiger partial charge is 0.422 e. The number of ether oxygens (including phenoxy) is 4. The minimum atomic E-state index is -5.33. The third-order valence-electron chi connectivity index (χ3n) is 6.65. The van der Waals surface area contributed by atoms with Crippen LogP contribution in [-0.4, -0.2) is 31.4 Å². The molecule has 0 N–H and O–H groups in total. The van der Waals surface area contributed by atoms with Gasteiger partial charge >= 0.3 is 18.3 Å². The third kappa shape index (κ3) is 6.91. The van der Waals surface area contributed by atoms with Crippen LogP contribution in [0.15, 0.2) is 49.1 Å². The molecule has 1 saturated heterocycles. The van der Waals surface area contributed by atoms with Crippen LogP contribution in [0.5, 0.6) is 5.75 Å². The molecule has 0 atom stereocenters. The van der Waals surface area contributed by atoms with Gasteiger partial charge in [-0.15, -0.1) is 6.58 Å². The Kier molecular flexibility index (Phi) is 8.55. The number of benzene rings is 2. The second-order valence-corrected chi connectivity index (χ2v) is 9.42. The standard InChI is InChI=1S/C27H25F7O5/c1-2-15-13-36-25(37-14-15)17-5-3-16(4-6-17)24(35)38-19-9-7-18(8-10-19)27(33,34)39-20-11-21(28)23(22(29)12-20)26(30,31)32/h2-6,11-12,15,18-19,25H,1,7-10,13-14H2. The van der Waals surface area contributed by atoms with E-state index < -0.39 is 59.5 Å². The van der Waals surface area contributed by atoms with Crippen molar-refractivity contribution in [3.63, 3.8) is 0 Å². The lowest BCUT2D eigenvalue weighted by Gasteiger charge is -2.33. The van der Waals surface area contributed by atoms with Crippen molar-refractivity contribution in [2.24, 2.45) is 11.8 Å². The molecule has 5 nitrogen and oxygen atoms in total. The highest BCUT2D eigenvalue weighted by molar-refractivity contribution is 5.89. The van der Waals surface area contributed by atoms with E-state index in [-0.39, 0.29) is 49.3 Å². The molecule has 2 aromatic rings. The second-order valence-electron chi connectivity index (χ2n) is 9.42. The molecule has 2 fully saturated rings. The predicted octanol–water partition coefficient (Wildman–Crippen LogP) is 7.22. The number of carbonyl (C=O) groups is 1. The first kappa shape index (κ1) is 28.9. The van der Waals surface area contributed by atoms with Gasteiger partial charge in [-0.05, 0) is 37.8 Å². The van der Waals surface area contributed by atoms with Gasteiger partial charge in [-0.2, -0.15) is 22.0 Å². The number of rotatable bonds is 7. The van der Waals surface area contributed by atoms with Crippen LogP contribution >= 0.6 is 0 Å². The molecule has 0 amide bonds. The van der Waals surface area contributed by atoms with E-state index in [2.05, 4.69) is 11.3 Å². The predicted molar refractivity (Wildman–Crippen MR) is 123 cm³/mol. The fourth-order valence-corrected chi connectivity index (χ4v) is 4.48. The van der Waals surface area contributed by atoms with Crippen molar-refractivity contribution in [1.29, 1.82) is 0 Å². The van der Waals surface area contributed by atoms with E-state index in [9.17, 15) is 35.5 Å². The van der Waals surface area contributed by atoms with Gasteiger partial charge in [-0.3, -0.25) is 0 Å². The average molecular weight is 562 g/mol. The summed E-state index contributed by atoms with van der Waals surface area (Å²) in [5, 5.41) is 0. The molecule has 0 bridgehead atoms. The fraction of sp³-hybridized carbons (Fsp3) is 0.444. The van der Waals surface area contributed by atoms with Gasteiger partial charge in [0.25, 0.3) is 0 Å². The van der Waals surface area contributed by atoms with Gasteiger partial charge in [0.05, 0.1) is 24.7 Å². The molecule has 0 radical (unpaired) electrons. The van der Waals surface area contributed by atoms with E-state index in [1.807, 2.05) is 0 Å². The fourth-order valence-electron chi connectivity index (χ4n) is 4.48. The first-order valence-corrected chi connectivity index (χ1v) is 12.2. The SMILES string of the molecule is C=CC1COC(c2ccc(C(=O)OC3CCC(C(F)(F)Oc4cc(F)c(C(F)(F)F)c(F)c4)CC3)cc2)OC1. The lowest BCUT2D eigenvalue weighted by molar-refractivity contribution is -0.224. The number of halogens is 7. The maximum absolute atomic E-state index is 14.7. The molecular formula is C27H25F7O5. The molecule has 2 aromatic carbocycles. The van der Waals surface area contributed by atoms with Crippen LogP contribution in [0.25, 0.3) is 0 Å². The average Bonchev–Trinajstić information content (AvgIpc) is 2.87. The Morgan fingerprint density at radius 3 is 2.00 bits per heavy atom. The second kappa shape index (κ2) is 11.5. The van der Waals surface area contributed by atoms with Gasteiger partial charge in [0.2, 0.25) is 0 Å². The molecule has 12 heteroatoms. The van der Waals surface area contributed by atoms with Gasteiger partial charge in [0.1, 0.15) is 29.1 Å². The molecule has 0 aromatic heterocycles. The van der Waals surface area contributed by atoms with Crippen LogP contribution in [0.3, 0.4) is 0 Å². The lowest BCUT2D eigenvalue weighted by Crippen LogP contribution is -2.39. The summed E-state index contributed by atoms with van der Waals surface area (Å²) in [5.74, 6) is -7.12. The van der Waals surface area contributed by atoms with Crippen molar-refractivity contribution < 1.29 is 54.5 Å². The molecule has 39 heavy (non-hydrogen) atoms. The van der Waals surface area contributed by atoms with E-state index in [0.717, 1.165) is 0 Å². The van der Waals surface area contributed by atoms with Gasteiger partial charge in [-0.1, -0.05) is 18.2 Å².